The summed E-state index contributed by atoms with van der Waals surface area (Å²) in [5.41, 5.74) is 6.22. The smallest absolute Gasteiger partial charge is 0.245 e. The summed E-state index contributed by atoms with van der Waals surface area (Å²) in [5, 5.41) is 0. The van der Waals surface area contributed by atoms with E-state index in [1.807, 2.05) is 0 Å². The van der Waals surface area contributed by atoms with Crippen LogP contribution in [0.15, 0.2) is 27.6 Å². The molecule has 1 unspecified atom stereocenters. The molecule has 2 saturated heterocycles. The number of nitrogens with two attached hydrogens (primary N) is 1. The van der Waals surface area contributed by atoms with Gasteiger partial charge in [-0.1, -0.05) is 15.9 Å². The number of sulfonamides is 1. The van der Waals surface area contributed by atoms with Crippen LogP contribution >= 0.6 is 15.9 Å². The molecule has 0 radical (unpaired) electrons. The molecule has 21 heavy (non-hydrogen) atoms. The van der Waals surface area contributed by atoms with Gasteiger partial charge in [0.05, 0.1) is 5.69 Å². The van der Waals surface area contributed by atoms with Gasteiger partial charge in [-0.25, -0.2) is 8.42 Å². The predicted molar refractivity (Wildman–Crippen MR) is 86.5 cm³/mol. The van der Waals surface area contributed by atoms with Gasteiger partial charge in [0.2, 0.25) is 10.0 Å². The average molecular weight is 374 g/mol. The molecule has 2 aliphatic rings. The van der Waals surface area contributed by atoms with E-state index in [2.05, 4.69) is 20.8 Å². The van der Waals surface area contributed by atoms with E-state index >= 15 is 0 Å². The van der Waals surface area contributed by atoms with E-state index in [9.17, 15) is 8.42 Å². The molecule has 2 aliphatic heterocycles. The Labute approximate surface area is 134 Å². The Bertz CT molecular complexity index is 635. The molecule has 0 aliphatic carbocycles. The Morgan fingerprint density at radius 3 is 2.71 bits per heavy atom. The van der Waals surface area contributed by atoms with E-state index in [4.69, 9.17) is 5.73 Å². The van der Waals surface area contributed by atoms with Gasteiger partial charge < -0.3 is 5.73 Å². The summed E-state index contributed by atoms with van der Waals surface area (Å²) >= 11 is 3.31. The van der Waals surface area contributed by atoms with Crippen molar-refractivity contribution >= 4 is 31.6 Å². The monoisotopic (exact) mass is 373 g/mol. The first kappa shape index (κ1) is 15.3. The number of halogens is 1. The highest BCUT2D eigenvalue weighted by Gasteiger charge is 2.34. The topological polar surface area (TPSA) is 66.6 Å². The van der Waals surface area contributed by atoms with Crippen molar-refractivity contribution in [3.8, 4) is 0 Å². The molecule has 3 rings (SSSR count). The normalized spacial score (nSPS) is 24.7. The van der Waals surface area contributed by atoms with Crippen LogP contribution in [0.4, 0.5) is 5.69 Å². The minimum Gasteiger partial charge on any atom is -0.398 e. The van der Waals surface area contributed by atoms with Crippen molar-refractivity contribution in [3.63, 3.8) is 0 Å². The number of nitrogens with zero attached hydrogens (tertiary/aromatic N) is 2. The molecule has 0 amide bonds. The van der Waals surface area contributed by atoms with E-state index in [-0.39, 0.29) is 4.90 Å². The third-order valence-electron chi connectivity index (χ3n) is 4.36. The Balaban J connectivity index is 1.90. The van der Waals surface area contributed by atoms with Gasteiger partial charge in [-0.05, 0) is 50.6 Å². The quantitative estimate of drug-likeness (QED) is 0.803. The van der Waals surface area contributed by atoms with Crippen LogP contribution in [0.3, 0.4) is 0 Å². The summed E-state index contributed by atoms with van der Waals surface area (Å²) in [4.78, 5) is 2.64. The summed E-state index contributed by atoms with van der Waals surface area (Å²) in [7, 11) is -3.51. The van der Waals surface area contributed by atoms with Crippen LogP contribution in [0.1, 0.15) is 19.3 Å². The molecule has 0 aromatic heterocycles. The first-order chi connectivity index (χ1) is 9.98. The lowest BCUT2D eigenvalue weighted by Gasteiger charge is -2.25. The highest BCUT2D eigenvalue weighted by Crippen LogP contribution is 2.29. The Hall–Kier alpha value is -0.630. The van der Waals surface area contributed by atoms with Gasteiger partial charge in [0.15, 0.2) is 0 Å². The largest absolute Gasteiger partial charge is 0.398 e. The number of rotatable bonds is 2. The maximum absolute atomic E-state index is 12.9. The van der Waals surface area contributed by atoms with E-state index in [1.165, 1.54) is 6.42 Å². The first-order valence-corrected chi connectivity index (χ1v) is 9.51. The van der Waals surface area contributed by atoms with Crippen LogP contribution in [0, 0.1) is 0 Å². The van der Waals surface area contributed by atoms with Crippen molar-refractivity contribution in [1.29, 1.82) is 0 Å². The van der Waals surface area contributed by atoms with Crippen LogP contribution in [-0.2, 0) is 10.0 Å². The number of benzene rings is 1. The number of hydrogen-bond donors (Lipinski definition) is 1. The van der Waals surface area contributed by atoms with Crippen LogP contribution in [0.2, 0.25) is 0 Å². The zero-order chi connectivity index (χ0) is 15.0. The Kier molecular flexibility index (Phi) is 4.27. The maximum atomic E-state index is 12.9. The fourth-order valence-corrected chi connectivity index (χ4v) is 5.28. The van der Waals surface area contributed by atoms with Crippen molar-refractivity contribution in [2.75, 3.05) is 31.9 Å². The second-order valence-electron chi connectivity index (χ2n) is 5.73. The average Bonchev–Trinajstić information content (AvgIpc) is 2.75. The fraction of sp³-hybridized carbons (Fsp3) is 0.571. The number of hydrogen-bond acceptors (Lipinski definition) is 4. The summed E-state index contributed by atoms with van der Waals surface area (Å²) in [6.07, 6.45) is 3.13. The van der Waals surface area contributed by atoms with Gasteiger partial charge in [0, 0.05) is 23.6 Å². The van der Waals surface area contributed by atoms with Crippen molar-refractivity contribution in [3.05, 3.63) is 22.7 Å². The number of nitrogen functional groups attached to an aromatic ring is 1. The molecule has 2 N–H and O–H groups in total. The minimum absolute atomic E-state index is 0.220. The van der Waals surface area contributed by atoms with Gasteiger partial charge in [-0.3, -0.25) is 4.90 Å². The summed E-state index contributed by atoms with van der Waals surface area (Å²) in [6.45, 7) is 3.24. The zero-order valence-corrected chi connectivity index (χ0v) is 14.2. The second kappa shape index (κ2) is 5.87. The molecule has 1 atom stereocenters. The lowest BCUT2D eigenvalue weighted by molar-refractivity contribution is 0.257. The summed E-state index contributed by atoms with van der Waals surface area (Å²) in [5.74, 6) is 0. The molecule has 1 aromatic rings. The predicted octanol–water partition coefficient (Wildman–Crippen LogP) is 1.89. The van der Waals surface area contributed by atoms with Gasteiger partial charge in [-0.2, -0.15) is 4.31 Å². The molecular weight excluding hydrogens is 354 g/mol. The molecule has 2 heterocycles. The third kappa shape index (κ3) is 2.97. The van der Waals surface area contributed by atoms with Crippen molar-refractivity contribution < 1.29 is 8.42 Å². The van der Waals surface area contributed by atoms with E-state index < -0.39 is 10.0 Å². The number of fused-ring (bicyclic) bond motifs is 1. The minimum atomic E-state index is -3.51. The Morgan fingerprint density at radius 2 is 1.95 bits per heavy atom. The van der Waals surface area contributed by atoms with Crippen LogP contribution in [0.5, 0.6) is 0 Å². The van der Waals surface area contributed by atoms with Crippen LogP contribution in [-0.4, -0.2) is 49.8 Å². The molecule has 0 spiro atoms. The zero-order valence-electron chi connectivity index (χ0n) is 11.8. The van der Waals surface area contributed by atoms with Gasteiger partial charge >= 0.3 is 0 Å². The lowest BCUT2D eigenvalue weighted by Crippen LogP contribution is -2.39. The van der Waals surface area contributed by atoms with Crippen molar-refractivity contribution in [1.82, 2.24) is 9.21 Å². The van der Waals surface area contributed by atoms with Crippen LogP contribution < -0.4 is 5.73 Å². The standard InChI is InChI=1S/C14H20BrN3O2S/c15-11-4-5-14(13(16)9-11)21(19,20)18-8-2-7-17-6-1-3-12(17)10-18/h4-5,9,12H,1-3,6-8,10,16H2. The molecule has 5 nitrogen and oxygen atoms in total. The molecule has 2 fully saturated rings. The lowest BCUT2D eigenvalue weighted by atomic mass is 10.2. The van der Waals surface area contributed by atoms with Crippen molar-refractivity contribution in [2.24, 2.45) is 0 Å². The van der Waals surface area contributed by atoms with Gasteiger partial charge in [0.1, 0.15) is 4.90 Å². The highest BCUT2D eigenvalue weighted by molar-refractivity contribution is 9.10. The first-order valence-electron chi connectivity index (χ1n) is 7.28. The van der Waals surface area contributed by atoms with E-state index in [1.54, 1.807) is 22.5 Å². The maximum Gasteiger partial charge on any atom is 0.245 e. The van der Waals surface area contributed by atoms with Crippen LogP contribution in [0.25, 0.3) is 0 Å². The summed E-state index contributed by atoms with van der Waals surface area (Å²) < 4.78 is 28.1. The second-order valence-corrected chi connectivity index (χ2v) is 8.55. The highest BCUT2D eigenvalue weighted by atomic mass is 79.9. The van der Waals surface area contributed by atoms with Gasteiger partial charge in [0.25, 0.3) is 0 Å². The van der Waals surface area contributed by atoms with E-state index in [0.29, 0.717) is 24.8 Å². The summed E-state index contributed by atoms with van der Waals surface area (Å²) in [6, 6.07) is 5.32. The SMILES string of the molecule is Nc1cc(Br)ccc1S(=O)(=O)N1CCCN2CCCC2C1. The fourth-order valence-electron chi connectivity index (χ4n) is 3.28. The van der Waals surface area contributed by atoms with Crippen molar-refractivity contribution in [2.45, 2.75) is 30.2 Å². The molecular formula is C14H20BrN3O2S. The molecule has 0 bridgehead atoms. The van der Waals surface area contributed by atoms with Gasteiger partial charge in [-0.15, -0.1) is 0 Å². The molecule has 7 heteroatoms. The Morgan fingerprint density at radius 1 is 1.19 bits per heavy atom. The molecule has 0 saturated carbocycles. The number of anilines is 1. The molecule has 116 valence electrons. The third-order valence-corrected chi connectivity index (χ3v) is 6.79. The molecule has 1 aromatic carbocycles. The van der Waals surface area contributed by atoms with E-state index in [0.717, 1.165) is 30.4 Å².